The van der Waals surface area contributed by atoms with Gasteiger partial charge in [0.15, 0.2) is 0 Å². The SMILES string of the molecule is CC[CH]CS. The molecule has 5 heavy (non-hydrogen) atoms. The van der Waals surface area contributed by atoms with Crippen LogP contribution in [0.25, 0.3) is 0 Å². The molecule has 0 N–H and O–H groups in total. The molecule has 31 valence electrons. The zero-order valence-corrected chi connectivity index (χ0v) is 4.33. The zero-order chi connectivity index (χ0) is 4.12. The van der Waals surface area contributed by atoms with E-state index < -0.39 is 0 Å². The largest absolute Gasteiger partial charge is 0.179 e. The Morgan fingerprint density at radius 1 is 1.80 bits per heavy atom. The summed E-state index contributed by atoms with van der Waals surface area (Å²) in [6, 6.07) is 0. The van der Waals surface area contributed by atoms with E-state index in [4.69, 9.17) is 0 Å². The third-order valence-corrected chi connectivity index (χ3v) is 0.676. The van der Waals surface area contributed by atoms with Gasteiger partial charge in [0.05, 0.1) is 0 Å². The Morgan fingerprint density at radius 2 is 2.40 bits per heavy atom. The number of unbranched alkanes of at least 4 members (excludes halogenated alkanes) is 1. The lowest BCUT2D eigenvalue weighted by molar-refractivity contribution is 1.11. The van der Waals surface area contributed by atoms with E-state index in [0.29, 0.717) is 0 Å². The van der Waals surface area contributed by atoms with Gasteiger partial charge in [0, 0.05) is 0 Å². The lowest BCUT2D eigenvalue weighted by Crippen LogP contribution is -1.67. The Bertz CT molecular complexity index is 11.1. The van der Waals surface area contributed by atoms with E-state index >= 15 is 0 Å². The molecule has 0 atom stereocenters. The Morgan fingerprint density at radius 3 is 2.40 bits per heavy atom. The van der Waals surface area contributed by atoms with Gasteiger partial charge >= 0.3 is 0 Å². The van der Waals surface area contributed by atoms with Crippen molar-refractivity contribution in [2.24, 2.45) is 0 Å². The quantitative estimate of drug-likeness (QED) is 0.487. The van der Waals surface area contributed by atoms with Crippen LogP contribution in [0, 0.1) is 6.42 Å². The van der Waals surface area contributed by atoms with Gasteiger partial charge in [0.25, 0.3) is 0 Å². The van der Waals surface area contributed by atoms with Crippen LogP contribution in [0.15, 0.2) is 0 Å². The van der Waals surface area contributed by atoms with Crippen LogP contribution in [0.3, 0.4) is 0 Å². The van der Waals surface area contributed by atoms with Crippen molar-refractivity contribution in [2.75, 3.05) is 5.75 Å². The maximum absolute atomic E-state index is 3.95. The van der Waals surface area contributed by atoms with Gasteiger partial charge in [-0.2, -0.15) is 12.6 Å². The summed E-state index contributed by atoms with van der Waals surface area (Å²) < 4.78 is 0. The molecule has 0 saturated heterocycles. The van der Waals surface area contributed by atoms with Crippen molar-refractivity contribution in [1.29, 1.82) is 0 Å². The Hall–Kier alpha value is 0.350. The molecule has 0 aromatic heterocycles. The Kier molecular flexibility index (Phi) is 4.65. The highest BCUT2D eigenvalue weighted by Gasteiger charge is 1.69. The van der Waals surface area contributed by atoms with Crippen molar-refractivity contribution in [3.05, 3.63) is 6.42 Å². The summed E-state index contributed by atoms with van der Waals surface area (Å²) in [5, 5.41) is 0. The lowest BCUT2D eigenvalue weighted by Gasteiger charge is -1.78. The van der Waals surface area contributed by atoms with Crippen LogP contribution in [0.2, 0.25) is 0 Å². The smallest absolute Gasteiger partial charge is 0.00667 e. The van der Waals surface area contributed by atoms with E-state index in [-0.39, 0.29) is 0 Å². The molecule has 0 aliphatic heterocycles. The molecule has 0 aliphatic carbocycles. The van der Waals surface area contributed by atoms with E-state index in [2.05, 4.69) is 26.0 Å². The van der Waals surface area contributed by atoms with Gasteiger partial charge in [-0.15, -0.1) is 0 Å². The molecule has 0 saturated carbocycles. The van der Waals surface area contributed by atoms with Gasteiger partial charge in [0.2, 0.25) is 0 Å². The van der Waals surface area contributed by atoms with E-state index in [1.165, 1.54) is 0 Å². The first-order chi connectivity index (χ1) is 2.41. The van der Waals surface area contributed by atoms with Crippen molar-refractivity contribution >= 4 is 12.6 Å². The number of hydrogen-bond acceptors (Lipinski definition) is 1. The predicted molar refractivity (Wildman–Crippen MR) is 28.4 cm³/mol. The average Bonchev–Trinajstić information content (AvgIpc) is 1.41. The van der Waals surface area contributed by atoms with Crippen LogP contribution in [0.4, 0.5) is 0 Å². The summed E-state index contributed by atoms with van der Waals surface area (Å²) in [6.07, 6.45) is 3.26. The van der Waals surface area contributed by atoms with Crippen LogP contribution < -0.4 is 0 Å². The van der Waals surface area contributed by atoms with E-state index in [0.717, 1.165) is 12.2 Å². The lowest BCUT2D eigenvalue weighted by atomic mass is 10.4. The standard InChI is InChI=1S/C4H9S/c1-2-3-4-5/h3,5H,2,4H2,1H3. The van der Waals surface area contributed by atoms with Crippen LogP contribution in [-0.2, 0) is 0 Å². The molecule has 0 fully saturated rings. The minimum absolute atomic E-state index is 0.913. The molecule has 0 nitrogen and oxygen atoms in total. The predicted octanol–water partition coefficient (Wildman–Crippen LogP) is 1.53. The number of thiol groups is 1. The van der Waals surface area contributed by atoms with Gasteiger partial charge in [0.1, 0.15) is 0 Å². The molecule has 0 bridgehead atoms. The summed E-state index contributed by atoms with van der Waals surface area (Å²) in [7, 11) is 0. The fourth-order valence-electron chi connectivity index (χ4n) is 0.129. The molecular formula is C4H9S. The minimum atomic E-state index is 0.913. The van der Waals surface area contributed by atoms with Crippen molar-refractivity contribution in [2.45, 2.75) is 13.3 Å². The molecule has 0 spiro atoms. The highest BCUT2D eigenvalue weighted by Crippen LogP contribution is 1.83. The van der Waals surface area contributed by atoms with Gasteiger partial charge in [-0.05, 0) is 12.2 Å². The van der Waals surface area contributed by atoms with Crippen molar-refractivity contribution in [3.8, 4) is 0 Å². The summed E-state index contributed by atoms with van der Waals surface area (Å²) >= 11 is 3.95. The molecule has 1 heteroatoms. The molecule has 1 radical (unpaired) electrons. The molecule has 0 unspecified atom stereocenters. The number of rotatable bonds is 2. The zero-order valence-electron chi connectivity index (χ0n) is 3.44. The van der Waals surface area contributed by atoms with E-state index in [9.17, 15) is 0 Å². The van der Waals surface area contributed by atoms with Crippen molar-refractivity contribution in [1.82, 2.24) is 0 Å². The third kappa shape index (κ3) is 4.35. The summed E-state index contributed by atoms with van der Waals surface area (Å²) in [5.41, 5.74) is 0. The van der Waals surface area contributed by atoms with Crippen molar-refractivity contribution < 1.29 is 0 Å². The molecule has 0 rings (SSSR count). The third-order valence-electron chi connectivity index (χ3n) is 0.418. The fourth-order valence-corrected chi connectivity index (χ4v) is 0.387. The second-order valence-electron chi connectivity index (χ2n) is 0.879. The fraction of sp³-hybridized carbons (Fsp3) is 0.750. The first-order valence-electron chi connectivity index (χ1n) is 1.84. The second-order valence-corrected chi connectivity index (χ2v) is 1.24. The second kappa shape index (κ2) is 4.35. The van der Waals surface area contributed by atoms with Gasteiger partial charge < -0.3 is 0 Å². The normalized spacial score (nSPS) is 8.40. The summed E-state index contributed by atoms with van der Waals surface area (Å²) in [4.78, 5) is 0. The summed E-state index contributed by atoms with van der Waals surface area (Å²) in [5.74, 6) is 0.913. The highest BCUT2D eigenvalue weighted by molar-refractivity contribution is 7.80. The topological polar surface area (TPSA) is 0 Å². The molecule has 0 amide bonds. The van der Waals surface area contributed by atoms with Crippen LogP contribution in [0.1, 0.15) is 13.3 Å². The van der Waals surface area contributed by atoms with Gasteiger partial charge in [-0.1, -0.05) is 13.3 Å². The van der Waals surface area contributed by atoms with Gasteiger partial charge in [-0.25, -0.2) is 0 Å². The first kappa shape index (κ1) is 5.35. The molecular weight excluding hydrogens is 80.1 g/mol. The monoisotopic (exact) mass is 89.0 g/mol. The number of hydrogen-bond donors (Lipinski definition) is 1. The maximum atomic E-state index is 3.95. The molecule has 0 heterocycles. The van der Waals surface area contributed by atoms with Crippen molar-refractivity contribution in [3.63, 3.8) is 0 Å². The van der Waals surface area contributed by atoms with Crippen LogP contribution >= 0.6 is 12.6 Å². The minimum Gasteiger partial charge on any atom is -0.179 e. The Labute approximate surface area is 39.0 Å². The average molecular weight is 89.2 g/mol. The molecule has 0 aromatic carbocycles. The molecule has 0 aromatic rings. The van der Waals surface area contributed by atoms with Gasteiger partial charge in [-0.3, -0.25) is 0 Å². The highest BCUT2D eigenvalue weighted by atomic mass is 32.1. The Balaban J connectivity index is 2.19. The first-order valence-corrected chi connectivity index (χ1v) is 2.47. The van der Waals surface area contributed by atoms with E-state index in [1.54, 1.807) is 0 Å². The maximum Gasteiger partial charge on any atom is -0.00667 e. The van der Waals surface area contributed by atoms with Crippen LogP contribution in [-0.4, -0.2) is 5.75 Å². The van der Waals surface area contributed by atoms with E-state index in [1.807, 2.05) is 0 Å². The summed E-state index contributed by atoms with van der Waals surface area (Å²) in [6.45, 7) is 2.11. The molecule has 0 aliphatic rings. The van der Waals surface area contributed by atoms with Crippen LogP contribution in [0.5, 0.6) is 0 Å².